The molecule has 140 valence electrons. The minimum atomic E-state index is -0.860. The van der Waals surface area contributed by atoms with E-state index in [4.69, 9.17) is 15.7 Å². The molecule has 0 aliphatic carbocycles. The fourth-order valence-corrected chi connectivity index (χ4v) is 2.37. The predicted octanol–water partition coefficient (Wildman–Crippen LogP) is 3.43. The van der Waals surface area contributed by atoms with Crippen LogP contribution in [0.3, 0.4) is 0 Å². The molecule has 0 heterocycles. The number of anilines is 1. The number of nitrogen functional groups attached to an aromatic ring is 1. The second-order valence-electron chi connectivity index (χ2n) is 7.72. The van der Waals surface area contributed by atoms with Crippen molar-refractivity contribution in [2.75, 3.05) is 19.3 Å². The number of nitrogens with zero attached hydrogens (tertiary/aromatic N) is 1. The third-order valence-corrected chi connectivity index (χ3v) is 3.88. The standard InChI is InChI=1S/C18H28N2O5/c1-17(2,3)24-16(22)20(6)10-9-18(4,5)13-8-7-12(11-14(13)19)15(21)25-23/h7-8,11,23H,9-10,19H2,1-6H3. The molecule has 0 unspecified atom stereocenters. The Kier molecular flexibility index (Phi) is 6.42. The topological polar surface area (TPSA) is 102 Å². The molecule has 0 saturated heterocycles. The Morgan fingerprint density at radius 2 is 1.80 bits per heavy atom. The molecule has 0 spiro atoms. The van der Waals surface area contributed by atoms with Crippen LogP contribution in [0, 0.1) is 0 Å². The van der Waals surface area contributed by atoms with Gasteiger partial charge in [-0.3, -0.25) is 4.89 Å². The molecular weight excluding hydrogens is 324 g/mol. The van der Waals surface area contributed by atoms with Gasteiger partial charge in [-0.05, 0) is 50.3 Å². The van der Waals surface area contributed by atoms with Crippen molar-refractivity contribution in [2.45, 2.75) is 52.1 Å². The molecule has 1 amide bonds. The lowest BCUT2D eigenvalue weighted by Crippen LogP contribution is -2.36. The first-order valence-corrected chi connectivity index (χ1v) is 8.07. The zero-order chi connectivity index (χ0) is 19.4. The second kappa shape index (κ2) is 7.74. The van der Waals surface area contributed by atoms with Gasteiger partial charge in [0.1, 0.15) is 5.60 Å². The van der Waals surface area contributed by atoms with Crippen molar-refractivity contribution in [1.29, 1.82) is 0 Å². The summed E-state index contributed by atoms with van der Waals surface area (Å²) >= 11 is 0. The number of ether oxygens (including phenoxy) is 1. The lowest BCUT2D eigenvalue weighted by Gasteiger charge is -2.30. The molecule has 0 aromatic heterocycles. The Morgan fingerprint density at radius 1 is 1.20 bits per heavy atom. The summed E-state index contributed by atoms with van der Waals surface area (Å²) in [5, 5.41) is 8.45. The normalized spacial score (nSPS) is 11.8. The van der Waals surface area contributed by atoms with Crippen molar-refractivity contribution in [1.82, 2.24) is 4.90 Å². The number of carbonyl (C=O) groups is 2. The van der Waals surface area contributed by atoms with Crippen molar-refractivity contribution in [3.63, 3.8) is 0 Å². The highest BCUT2D eigenvalue weighted by atomic mass is 17.1. The molecule has 7 heteroatoms. The SMILES string of the molecule is CN(CCC(C)(C)c1ccc(C(=O)OO)cc1N)C(=O)OC(C)(C)C. The number of rotatable bonds is 5. The summed E-state index contributed by atoms with van der Waals surface area (Å²) in [6.07, 6.45) is 0.272. The van der Waals surface area contributed by atoms with E-state index in [1.165, 1.54) is 11.0 Å². The number of carbonyl (C=O) groups excluding carboxylic acids is 2. The van der Waals surface area contributed by atoms with Crippen LogP contribution in [0.5, 0.6) is 0 Å². The highest BCUT2D eigenvalue weighted by Crippen LogP contribution is 2.32. The van der Waals surface area contributed by atoms with E-state index >= 15 is 0 Å². The minimum Gasteiger partial charge on any atom is -0.444 e. The summed E-state index contributed by atoms with van der Waals surface area (Å²) in [5.41, 5.74) is 6.63. The van der Waals surface area contributed by atoms with Gasteiger partial charge in [-0.25, -0.2) is 9.59 Å². The Balaban J connectivity index is 2.81. The Labute approximate surface area is 148 Å². The third-order valence-electron chi connectivity index (χ3n) is 3.88. The van der Waals surface area contributed by atoms with Crippen molar-refractivity contribution in [3.8, 4) is 0 Å². The van der Waals surface area contributed by atoms with E-state index in [9.17, 15) is 9.59 Å². The third kappa shape index (κ3) is 5.94. The summed E-state index contributed by atoms with van der Waals surface area (Å²) in [6, 6.07) is 4.74. The van der Waals surface area contributed by atoms with Gasteiger partial charge >= 0.3 is 12.1 Å². The summed E-state index contributed by atoms with van der Waals surface area (Å²) < 4.78 is 5.34. The number of benzene rings is 1. The van der Waals surface area contributed by atoms with Gasteiger partial charge in [0, 0.05) is 19.3 Å². The van der Waals surface area contributed by atoms with Crippen LogP contribution in [0.1, 0.15) is 57.0 Å². The molecule has 0 aliphatic rings. The summed E-state index contributed by atoms with van der Waals surface area (Å²) in [7, 11) is 1.69. The molecule has 1 rings (SSSR count). The number of amides is 1. The number of nitrogens with two attached hydrogens (primary N) is 1. The monoisotopic (exact) mass is 352 g/mol. The van der Waals surface area contributed by atoms with Crippen molar-refractivity contribution in [2.24, 2.45) is 0 Å². The van der Waals surface area contributed by atoms with Crippen LogP contribution < -0.4 is 5.73 Å². The van der Waals surface area contributed by atoms with Gasteiger partial charge in [0.15, 0.2) is 0 Å². The summed E-state index contributed by atoms with van der Waals surface area (Å²) in [4.78, 5) is 28.6. The Bertz CT molecular complexity index is 635. The Morgan fingerprint density at radius 3 is 2.28 bits per heavy atom. The molecule has 1 aromatic carbocycles. The van der Waals surface area contributed by atoms with Gasteiger partial charge < -0.3 is 15.4 Å². The first-order chi connectivity index (χ1) is 11.4. The lowest BCUT2D eigenvalue weighted by atomic mass is 9.80. The van der Waals surface area contributed by atoms with Gasteiger partial charge in [0.2, 0.25) is 0 Å². The maximum absolute atomic E-state index is 12.0. The van der Waals surface area contributed by atoms with Crippen LogP contribution >= 0.6 is 0 Å². The molecule has 0 fully saturated rings. The van der Waals surface area contributed by atoms with Crippen LogP contribution in [0.25, 0.3) is 0 Å². The zero-order valence-electron chi connectivity index (χ0n) is 15.8. The van der Waals surface area contributed by atoms with Crippen molar-refractivity contribution in [3.05, 3.63) is 29.3 Å². The van der Waals surface area contributed by atoms with E-state index in [2.05, 4.69) is 4.89 Å². The largest absolute Gasteiger partial charge is 0.444 e. The highest BCUT2D eigenvalue weighted by molar-refractivity contribution is 5.90. The van der Waals surface area contributed by atoms with Crippen LogP contribution in [-0.2, 0) is 15.0 Å². The quantitative estimate of drug-likeness (QED) is 0.478. The summed E-state index contributed by atoms with van der Waals surface area (Å²) in [5.74, 6) is -0.860. The maximum Gasteiger partial charge on any atom is 0.410 e. The highest BCUT2D eigenvalue weighted by Gasteiger charge is 2.26. The molecule has 0 saturated carbocycles. The molecule has 0 bridgehead atoms. The van der Waals surface area contributed by atoms with Gasteiger partial charge in [-0.2, -0.15) is 5.26 Å². The van der Waals surface area contributed by atoms with Crippen LogP contribution in [0.2, 0.25) is 0 Å². The zero-order valence-corrected chi connectivity index (χ0v) is 15.8. The van der Waals surface area contributed by atoms with Crippen LogP contribution in [0.15, 0.2) is 18.2 Å². The molecule has 0 aliphatic heterocycles. The van der Waals surface area contributed by atoms with E-state index in [0.29, 0.717) is 18.7 Å². The van der Waals surface area contributed by atoms with Crippen molar-refractivity contribution >= 4 is 17.7 Å². The van der Waals surface area contributed by atoms with Crippen molar-refractivity contribution < 1.29 is 24.5 Å². The van der Waals surface area contributed by atoms with Crippen LogP contribution in [0.4, 0.5) is 10.5 Å². The maximum atomic E-state index is 12.0. The fourth-order valence-electron chi connectivity index (χ4n) is 2.37. The van der Waals surface area contributed by atoms with E-state index < -0.39 is 11.6 Å². The summed E-state index contributed by atoms with van der Waals surface area (Å²) in [6.45, 7) is 9.96. The molecular formula is C18H28N2O5. The molecule has 0 radical (unpaired) electrons. The van der Waals surface area contributed by atoms with E-state index in [1.54, 1.807) is 19.2 Å². The fraction of sp³-hybridized carbons (Fsp3) is 0.556. The lowest BCUT2D eigenvalue weighted by molar-refractivity contribution is -0.182. The molecule has 25 heavy (non-hydrogen) atoms. The predicted molar refractivity (Wildman–Crippen MR) is 95.4 cm³/mol. The Hall–Kier alpha value is -2.28. The first-order valence-electron chi connectivity index (χ1n) is 8.07. The smallest absolute Gasteiger partial charge is 0.410 e. The van der Waals surface area contributed by atoms with Gasteiger partial charge in [-0.15, -0.1) is 0 Å². The number of hydrogen-bond acceptors (Lipinski definition) is 6. The minimum absolute atomic E-state index is 0.172. The van der Waals surface area contributed by atoms with Gasteiger partial charge in [0.05, 0.1) is 5.56 Å². The molecule has 7 nitrogen and oxygen atoms in total. The second-order valence-corrected chi connectivity index (χ2v) is 7.72. The first kappa shape index (κ1) is 20.8. The van der Waals surface area contributed by atoms with Crippen LogP contribution in [-0.4, -0.2) is 41.4 Å². The number of hydrogen-bond donors (Lipinski definition) is 2. The average Bonchev–Trinajstić information content (AvgIpc) is 2.49. The van der Waals surface area contributed by atoms with E-state index in [-0.39, 0.29) is 17.1 Å². The van der Waals surface area contributed by atoms with E-state index in [0.717, 1.165) is 5.56 Å². The van der Waals surface area contributed by atoms with Gasteiger partial charge in [-0.1, -0.05) is 19.9 Å². The molecule has 1 aromatic rings. The van der Waals surface area contributed by atoms with Gasteiger partial charge in [0.25, 0.3) is 0 Å². The molecule has 3 N–H and O–H groups in total. The van der Waals surface area contributed by atoms with E-state index in [1.807, 2.05) is 34.6 Å². The molecule has 0 atom stereocenters. The average molecular weight is 352 g/mol.